The number of ether oxygens (including phenoxy) is 1. The fourth-order valence-corrected chi connectivity index (χ4v) is 6.66. The molecule has 1 atom stereocenters. The first-order chi connectivity index (χ1) is 16.4. The molecule has 34 heavy (non-hydrogen) atoms. The van der Waals surface area contributed by atoms with E-state index in [0.29, 0.717) is 30.3 Å². The van der Waals surface area contributed by atoms with Crippen LogP contribution in [0, 0.1) is 5.92 Å². The average molecular weight is 506 g/mol. The number of likely N-dealkylation sites (tertiary alicyclic amines) is 1. The normalized spacial score (nSPS) is 20.1. The quantitative estimate of drug-likeness (QED) is 0.604. The van der Waals surface area contributed by atoms with E-state index in [2.05, 4.69) is 10.2 Å². The zero-order valence-corrected chi connectivity index (χ0v) is 21.1. The number of nitrogens with one attached hydrogen (secondary N) is 1. The van der Waals surface area contributed by atoms with Gasteiger partial charge in [-0.1, -0.05) is 30.2 Å². The van der Waals surface area contributed by atoms with Crippen molar-refractivity contribution in [2.75, 3.05) is 38.6 Å². The second-order valence-electron chi connectivity index (χ2n) is 9.02. The molecule has 0 radical (unpaired) electrons. The Kier molecular flexibility index (Phi) is 8.14. The van der Waals surface area contributed by atoms with Crippen LogP contribution < -0.4 is 10.1 Å². The molecular formula is C25H32ClN3O4S. The minimum absolute atomic E-state index is 0.0951. The Labute approximate surface area is 207 Å². The lowest BCUT2D eigenvalue weighted by Crippen LogP contribution is -2.40. The van der Waals surface area contributed by atoms with Crippen LogP contribution in [0.15, 0.2) is 47.4 Å². The highest BCUT2D eigenvalue weighted by Crippen LogP contribution is 2.31. The molecule has 7 nitrogen and oxygen atoms in total. The van der Waals surface area contributed by atoms with E-state index in [1.54, 1.807) is 12.1 Å². The predicted molar refractivity (Wildman–Crippen MR) is 134 cm³/mol. The molecule has 0 saturated carbocycles. The van der Waals surface area contributed by atoms with Crippen molar-refractivity contribution in [1.29, 1.82) is 0 Å². The Hall–Kier alpha value is -2.13. The minimum Gasteiger partial charge on any atom is -0.495 e. The molecule has 2 saturated heterocycles. The Balaban J connectivity index is 1.45. The lowest BCUT2D eigenvalue weighted by atomic mass is 9.96. The van der Waals surface area contributed by atoms with Crippen molar-refractivity contribution in [3.8, 4) is 5.75 Å². The number of rotatable bonds is 7. The van der Waals surface area contributed by atoms with Gasteiger partial charge in [0.15, 0.2) is 0 Å². The van der Waals surface area contributed by atoms with Gasteiger partial charge in [0.25, 0.3) is 0 Å². The molecule has 184 valence electrons. The summed E-state index contributed by atoms with van der Waals surface area (Å²) >= 11 is 6.11. The molecule has 0 spiro atoms. The summed E-state index contributed by atoms with van der Waals surface area (Å²) < 4.78 is 33.4. The fourth-order valence-electron chi connectivity index (χ4n) is 4.75. The number of methoxy groups -OCH3 is 1. The number of hydrogen-bond donors (Lipinski definition) is 1. The van der Waals surface area contributed by atoms with E-state index < -0.39 is 10.0 Å². The Morgan fingerprint density at radius 1 is 1.09 bits per heavy atom. The third kappa shape index (κ3) is 5.92. The lowest BCUT2D eigenvalue weighted by Gasteiger charge is -2.32. The molecule has 4 rings (SSSR count). The first-order valence-electron chi connectivity index (χ1n) is 11.8. The van der Waals surface area contributed by atoms with E-state index in [-0.39, 0.29) is 22.5 Å². The third-order valence-electron chi connectivity index (χ3n) is 6.54. The second-order valence-corrected chi connectivity index (χ2v) is 11.4. The summed E-state index contributed by atoms with van der Waals surface area (Å²) in [5.41, 5.74) is 1.59. The Morgan fingerprint density at radius 3 is 2.62 bits per heavy atom. The van der Waals surface area contributed by atoms with Crippen molar-refractivity contribution in [1.82, 2.24) is 9.21 Å². The first kappa shape index (κ1) is 25.0. The van der Waals surface area contributed by atoms with E-state index in [9.17, 15) is 13.2 Å². The number of anilines is 1. The predicted octanol–water partition coefficient (Wildman–Crippen LogP) is 4.37. The van der Waals surface area contributed by atoms with Crippen LogP contribution in [-0.4, -0.2) is 56.8 Å². The van der Waals surface area contributed by atoms with Gasteiger partial charge in [-0.2, -0.15) is 4.31 Å². The number of nitrogens with zero attached hydrogens (tertiary/aromatic N) is 2. The van der Waals surface area contributed by atoms with E-state index in [0.717, 1.165) is 50.8 Å². The fraction of sp³-hybridized carbons (Fsp3) is 0.480. The largest absolute Gasteiger partial charge is 0.495 e. The number of amides is 1. The van der Waals surface area contributed by atoms with Crippen LogP contribution in [0.25, 0.3) is 0 Å². The number of piperidine rings is 2. The van der Waals surface area contributed by atoms with Gasteiger partial charge < -0.3 is 10.1 Å². The van der Waals surface area contributed by atoms with Gasteiger partial charge in [0, 0.05) is 36.9 Å². The van der Waals surface area contributed by atoms with Gasteiger partial charge in [-0.3, -0.25) is 9.69 Å². The number of carbonyl (C=O) groups excluding carboxylic acids is 1. The number of halogens is 1. The van der Waals surface area contributed by atoms with Gasteiger partial charge in [-0.15, -0.1) is 0 Å². The summed E-state index contributed by atoms with van der Waals surface area (Å²) in [4.78, 5) is 15.4. The average Bonchev–Trinajstić information content (AvgIpc) is 2.85. The van der Waals surface area contributed by atoms with Crippen LogP contribution in [0.2, 0.25) is 5.02 Å². The SMILES string of the molecule is COc1ccc(NC(=O)C2CCCN(Cc3cccc(Cl)c3)C2)cc1S(=O)(=O)N1CCCCC1. The van der Waals surface area contributed by atoms with Crippen LogP contribution in [0.5, 0.6) is 5.75 Å². The van der Waals surface area contributed by atoms with Crippen molar-refractivity contribution >= 4 is 33.2 Å². The summed E-state index contributed by atoms with van der Waals surface area (Å²) in [6, 6.07) is 12.6. The van der Waals surface area contributed by atoms with Crippen LogP contribution >= 0.6 is 11.6 Å². The molecule has 1 unspecified atom stereocenters. The molecule has 1 amide bonds. The minimum atomic E-state index is -3.70. The van der Waals surface area contributed by atoms with Crippen molar-refractivity contribution in [2.45, 2.75) is 43.5 Å². The monoisotopic (exact) mass is 505 g/mol. The van der Waals surface area contributed by atoms with Gasteiger partial charge in [0.2, 0.25) is 15.9 Å². The highest BCUT2D eigenvalue weighted by atomic mass is 35.5. The molecule has 0 aliphatic carbocycles. The van der Waals surface area contributed by atoms with Gasteiger partial charge in [0.05, 0.1) is 13.0 Å². The lowest BCUT2D eigenvalue weighted by molar-refractivity contribution is -0.121. The standard InChI is InChI=1S/C25H32ClN3O4S/c1-33-23-11-10-22(16-24(23)34(31,32)29-13-3-2-4-14-29)27-25(30)20-8-6-12-28(18-20)17-19-7-5-9-21(26)15-19/h5,7,9-11,15-16,20H,2-4,6,8,12-14,17-18H2,1H3,(H,27,30). The number of benzene rings is 2. The van der Waals surface area contributed by atoms with Crippen LogP contribution in [0.1, 0.15) is 37.7 Å². The molecule has 0 aromatic heterocycles. The molecular weight excluding hydrogens is 474 g/mol. The second kappa shape index (κ2) is 11.1. The third-order valence-corrected chi connectivity index (χ3v) is 8.69. The maximum Gasteiger partial charge on any atom is 0.246 e. The summed E-state index contributed by atoms with van der Waals surface area (Å²) in [5, 5.41) is 3.65. The van der Waals surface area contributed by atoms with Gasteiger partial charge in [0.1, 0.15) is 10.6 Å². The molecule has 2 aliphatic rings. The Bertz CT molecular complexity index is 1120. The maximum absolute atomic E-state index is 13.3. The van der Waals surface area contributed by atoms with E-state index >= 15 is 0 Å². The molecule has 0 bridgehead atoms. The molecule has 2 aromatic rings. The molecule has 9 heteroatoms. The number of hydrogen-bond acceptors (Lipinski definition) is 5. The molecule has 2 aliphatic heterocycles. The smallest absolute Gasteiger partial charge is 0.246 e. The topological polar surface area (TPSA) is 79.0 Å². The van der Waals surface area contributed by atoms with Gasteiger partial charge >= 0.3 is 0 Å². The van der Waals surface area contributed by atoms with Gasteiger partial charge in [-0.25, -0.2) is 8.42 Å². The van der Waals surface area contributed by atoms with E-state index in [1.807, 2.05) is 24.3 Å². The van der Waals surface area contributed by atoms with Crippen LogP contribution in [-0.2, 0) is 21.4 Å². The summed E-state index contributed by atoms with van der Waals surface area (Å²) in [6.45, 7) is 3.33. The number of carbonyl (C=O) groups is 1. The van der Waals surface area contributed by atoms with Crippen molar-refractivity contribution < 1.29 is 17.9 Å². The molecule has 2 heterocycles. The number of sulfonamides is 1. The van der Waals surface area contributed by atoms with E-state index in [4.69, 9.17) is 16.3 Å². The zero-order valence-electron chi connectivity index (χ0n) is 19.5. The zero-order chi connectivity index (χ0) is 24.1. The van der Waals surface area contributed by atoms with Crippen molar-refractivity contribution in [3.63, 3.8) is 0 Å². The van der Waals surface area contributed by atoms with E-state index in [1.165, 1.54) is 17.5 Å². The van der Waals surface area contributed by atoms with Crippen LogP contribution in [0.4, 0.5) is 5.69 Å². The highest BCUT2D eigenvalue weighted by molar-refractivity contribution is 7.89. The Morgan fingerprint density at radius 2 is 1.88 bits per heavy atom. The highest BCUT2D eigenvalue weighted by Gasteiger charge is 2.30. The summed E-state index contributed by atoms with van der Waals surface area (Å²) in [6.07, 6.45) is 4.47. The molecule has 1 N–H and O–H groups in total. The first-order valence-corrected chi connectivity index (χ1v) is 13.6. The van der Waals surface area contributed by atoms with Gasteiger partial charge in [-0.05, 0) is 68.1 Å². The van der Waals surface area contributed by atoms with Crippen molar-refractivity contribution in [3.05, 3.63) is 53.1 Å². The molecule has 2 fully saturated rings. The summed E-state index contributed by atoms with van der Waals surface area (Å²) in [5.74, 6) is 0.0217. The molecule has 2 aromatic carbocycles. The van der Waals surface area contributed by atoms with Crippen LogP contribution in [0.3, 0.4) is 0 Å². The maximum atomic E-state index is 13.3. The van der Waals surface area contributed by atoms with Crippen molar-refractivity contribution in [2.24, 2.45) is 5.92 Å². The summed E-state index contributed by atoms with van der Waals surface area (Å²) in [7, 11) is -2.24.